The Morgan fingerprint density at radius 2 is 2.16 bits per heavy atom. The van der Waals surface area contributed by atoms with Crippen molar-refractivity contribution in [2.24, 2.45) is 12.8 Å². The van der Waals surface area contributed by atoms with Crippen molar-refractivity contribution >= 4 is 22.9 Å². The Hall–Kier alpha value is -2.76. The zero-order valence-electron chi connectivity index (χ0n) is 16.5. The molecule has 1 aliphatic heterocycles. The van der Waals surface area contributed by atoms with Gasteiger partial charge in [-0.3, -0.25) is 9.48 Å². The number of nitrogens with one attached hydrogen (secondary N) is 1. The van der Waals surface area contributed by atoms with Gasteiger partial charge in [0, 0.05) is 24.0 Å². The lowest BCUT2D eigenvalue weighted by Crippen LogP contribution is -2.32. The van der Waals surface area contributed by atoms with Gasteiger partial charge in [-0.1, -0.05) is 0 Å². The van der Waals surface area contributed by atoms with Crippen LogP contribution in [0.1, 0.15) is 35.1 Å². The molecule has 164 valence electrons. The predicted molar refractivity (Wildman–Crippen MR) is 109 cm³/mol. The molecule has 1 fully saturated rings. The predicted octanol–water partition coefficient (Wildman–Crippen LogP) is 3.59. The zero-order valence-corrected chi connectivity index (χ0v) is 17.3. The lowest BCUT2D eigenvalue weighted by molar-refractivity contribution is 0.0247. The first-order valence-electron chi connectivity index (χ1n) is 9.59. The SMILES string of the molecule is Cn1ncc(NC(=O)c2csc(-c3cc(F)ccc3F)n2)c1C1CCC(N)C(F)CO1. The average molecular weight is 451 g/mol. The smallest absolute Gasteiger partial charge is 0.275 e. The minimum atomic E-state index is -1.26. The molecule has 1 saturated heterocycles. The normalized spacial score (nSPS) is 21.6. The third-order valence-corrected chi connectivity index (χ3v) is 5.99. The van der Waals surface area contributed by atoms with Gasteiger partial charge in [-0.2, -0.15) is 5.10 Å². The highest BCUT2D eigenvalue weighted by Gasteiger charge is 2.30. The number of aromatic nitrogens is 3. The largest absolute Gasteiger partial charge is 0.369 e. The second-order valence-electron chi connectivity index (χ2n) is 7.26. The Labute approximate surface area is 180 Å². The highest BCUT2D eigenvalue weighted by molar-refractivity contribution is 7.13. The molecule has 3 N–H and O–H groups in total. The quantitative estimate of drug-likeness (QED) is 0.632. The van der Waals surface area contributed by atoms with Crippen LogP contribution in [0.25, 0.3) is 10.6 Å². The van der Waals surface area contributed by atoms with Gasteiger partial charge in [0.15, 0.2) is 0 Å². The zero-order chi connectivity index (χ0) is 22.1. The summed E-state index contributed by atoms with van der Waals surface area (Å²) in [5, 5.41) is 8.54. The summed E-state index contributed by atoms with van der Waals surface area (Å²) < 4.78 is 48.6. The number of hydrogen-bond acceptors (Lipinski definition) is 6. The van der Waals surface area contributed by atoms with Gasteiger partial charge in [-0.05, 0) is 31.0 Å². The van der Waals surface area contributed by atoms with E-state index in [0.29, 0.717) is 24.2 Å². The maximum Gasteiger partial charge on any atom is 0.275 e. The van der Waals surface area contributed by atoms with Crippen LogP contribution in [0.2, 0.25) is 0 Å². The number of ether oxygens (including phenoxy) is 1. The van der Waals surface area contributed by atoms with Crippen LogP contribution < -0.4 is 11.1 Å². The van der Waals surface area contributed by atoms with Crippen LogP contribution in [0.5, 0.6) is 0 Å². The molecule has 2 aromatic heterocycles. The number of halogens is 3. The Kier molecular flexibility index (Phi) is 6.08. The second kappa shape index (κ2) is 8.77. The van der Waals surface area contributed by atoms with Crippen LogP contribution in [-0.2, 0) is 11.8 Å². The molecular formula is C20H20F3N5O2S. The number of benzene rings is 1. The third kappa shape index (κ3) is 4.48. The van der Waals surface area contributed by atoms with E-state index in [9.17, 15) is 18.0 Å². The molecule has 3 unspecified atom stereocenters. The first-order chi connectivity index (χ1) is 14.8. The maximum absolute atomic E-state index is 14.0. The molecule has 0 spiro atoms. The van der Waals surface area contributed by atoms with Crippen LogP contribution in [0, 0.1) is 11.6 Å². The molecule has 31 heavy (non-hydrogen) atoms. The molecule has 1 amide bonds. The van der Waals surface area contributed by atoms with E-state index in [2.05, 4.69) is 15.4 Å². The molecule has 1 aromatic carbocycles. The monoisotopic (exact) mass is 451 g/mol. The van der Waals surface area contributed by atoms with Crippen LogP contribution >= 0.6 is 11.3 Å². The van der Waals surface area contributed by atoms with Crippen molar-refractivity contribution < 1.29 is 22.7 Å². The summed E-state index contributed by atoms with van der Waals surface area (Å²) in [5.74, 6) is -1.77. The number of carbonyl (C=O) groups is 1. The highest BCUT2D eigenvalue weighted by atomic mass is 32.1. The molecule has 3 heterocycles. The first-order valence-corrected chi connectivity index (χ1v) is 10.5. The molecule has 1 aliphatic rings. The van der Waals surface area contributed by atoms with Crippen molar-refractivity contribution in [3.63, 3.8) is 0 Å². The molecule has 11 heteroatoms. The summed E-state index contributed by atoms with van der Waals surface area (Å²) in [6.45, 7) is -0.140. The van der Waals surface area contributed by atoms with E-state index in [1.54, 1.807) is 11.7 Å². The van der Waals surface area contributed by atoms with E-state index in [1.165, 1.54) is 11.6 Å². The maximum atomic E-state index is 14.0. The topological polar surface area (TPSA) is 95.1 Å². The summed E-state index contributed by atoms with van der Waals surface area (Å²) in [4.78, 5) is 16.9. The Balaban J connectivity index is 1.54. The number of alkyl halides is 1. The fraction of sp³-hybridized carbons (Fsp3) is 0.350. The van der Waals surface area contributed by atoms with Crippen LogP contribution in [0.15, 0.2) is 29.8 Å². The van der Waals surface area contributed by atoms with Gasteiger partial charge in [0.25, 0.3) is 5.91 Å². The standard InChI is InChI=1S/C20H20F3N5O2S/c1-28-18(17-5-4-14(24)13(23)8-30-17)15(7-25-28)26-19(29)16-9-31-20(27-16)11-6-10(21)2-3-12(11)22/h2-3,6-7,9,13-14,17H,4-5,8,24H2,1H3,(H,26,29). The second-order valence-corrected chi connectivity index (χ2v) is 8.12. The number of amides is 1. The third-order valence-electron chi connectivity index (χ3n) is 5.12. The Morgan fingerprint density at radius 1 is 1.35 bits per heavy atom. The van der Waals surface area contributed by atoms with Crippen molar-refractivity contribution in [2.75, 3.05) is 11.9 Å². The molecule has 0 radical (unpaired) electrons. The molecular weight excluding hydrogens is 431 g/mol. The van der Waals surface area contributed by atoms with Gasteiger partial charge in [-0.15, -0.1) is 11.3 Å². The number of aryl methyl sites for hydroxylation is 1. The number of carbonyl (C=O) groups excluding carboxylic acids is 1. The van der Waals surface area contributed by atoms with E-state index in [0.717, 1.165) is 29.5 Å². The lowest BCUT2D eigenvalue weighted by atomic mass is 10.0. The average Bonchev–Trinajstić information content (AvgIpc) is 3.33. The van der Waals surface area contributed by atoms with E-state index in [1.807, 2.05) is 0 Å². The van der Waals surface area contributed by atoms with Gasteiger partial charge < -0.3 is 15.8 Å². The number of thiazole rings is 1. The van der Waals surface area contributed by atoms with Crippen molar-refractivity contribution in [1.82, 2.24) is 14.8 Å². The van der Waals surface area contributed by atoms with Crippen LogP contribution in [-0.4, -0.2) is 39.5 Å². The molecule has 4 rings (SSSR count). The van der Waals surface area contributed by atoms with E-state index in [-0.39, 0.29) is 22.9 Å². The number of anilines is 1. The lowest BCUT2D eigenvalue weighted by Gasteiger charge is -2.17. The van der Waals surface area contributed by atoms with E-state index >= 15 is 0 Å². The fourth-order valence-corrected chi connectivity index (χ4v) is 4.25. The first kappa shape index (κ1) is 21.5. The molecule has 0 saturated carbocycles. The minimum absolute atomic E-state index is 0.0184. The summed E-state index contributed by atoms with van der Waals surface area (Å²) in [6, 6.07) is 2.45. The van der Waals surface area contributed by atoms with Gasteiger partial charge in [0.05, 0.1) is 24.2 Å². The van der Waals surface area contributed by atoms with Gasteiger partial charge in [-0.25, -0.2) is 18.2 Å². The summed E-state index contributed by atoms with van der Waals surface area (Å²) in [6.07, 6.45) is 0.631. The Morgan fingerprint density at radius 3 is 2.97 bits per heavy atom. The number of nitrogens with two attached hydrogens (primary N) is 1. The molecule has 0 bridgehead atoms. The highest BCUT2D eigenvalue weighted by Crippen LogP contribution is 2.33. The number of nitrogens with zero attached hydrogens (tertiary/aromatic N) is 3. The number of rotatable bonds is 4. The minimum Gasteiger partial charge on any atom is -0.369 e. The van der Waals surface area contributed by atoms with Crippen molar-refractivity contribution in [3.05, 3.63) is 52.8 Å². The van der Waals surface area contributed by atoms with Crippen molar-refractivity contribution in [1.29, 1.82) is 0 Å². The fourth-order valence-electron chi connectivity index (χ4n) is 3.43. The van der Waals surface area contributed by atoms with Crippen molar-refractivity contribution in [3.8, 4) is 10.6 Å². The van der Waals surface area contributed by atoms with Gasteiger partial charge in [0.1, 0.15) is 34.6 Å². The molecule has 0 aliphatic carbocycles. The van der Waals surface area contributed by atoms with Crippen LogP contribution in [0.3, 0.4) is 0 Å². The summed E-state index contributed by atoms with van der Waals surface area (Å²) in [5.41, 5.74) is 6.80. The Bertz CT molecular complexity index is 1090. The molecule has 3 aromatic rings. The van der Waals surface area contributed by atoms with Gasteiger partial charge >= 0.3 is 0 Å². The van der Waals surface area contributed by atoms with E-state index < -0.39 is 35.9 Å². The number of hydrogen-bond donors (Lipinski definition) is 2. The summed E-state index contributed by atoms with van der Waals surface area (Å²) in [7, 11) is 1.69. The molecule has 7 nitrogen and oxygen atoms in total. The molecule has 3 atom stereocenters. The van der Waals surface area contributed by atoms with Gasteiger partial charge in [0.2, 0.25) is 0 Å². The summed E-state index contributed by atoms with van der Waals surface area (Å²) >= 11 is 1.03. The van der Waals surface area contributed by atoms with Crippen LogP contribution in [0.4, 0.5) is 18.9 Å². The van der Waals surface area contributed by atoms with E-state index in [4.69, 9.17) is 10.5 Å². The van der Waals surface area contributed by atoms with Crippen molar-refractivity contribution in [2.45, 2.75) is 31.2 Å².